The van der Waals surface area contributed by atoms with E-state index in [2.05, 4.69) is 0 Å². The van der Waals surface area contributed by atoms with Gasteiger partial charge in [0.2, 0.25) is 0 Å². The van der Waals surface area contributed by atoms with Gasteiger partial charge in [0.15, 0.2) is 0 Å². The van der Waals surface area contributed by atoms with E-state index >= 15 is 0 Å². The summed E-state index contributed by atoms with van der Waals surface area (Å²) < 4.78 is 11.1. The molecule has 0 radical (unpaired) electrons. The van der Waals surface area contributed by atoms with Crippen molar-refractivity contribution in [3.8, 4) is 17.1 Å². The maximum Gasteiger partial charge on any atom is 0.326 e. The van der Waals surface area contributed by atoms with Crippen molar-refractivity contribution in [2.75, 3.05) is 7.11 Å². The van der Waals surface area contributed by atoms with Crippen LogP contribution in [0, 0.1) is 0 Å². The number of hydrogen-bond donors (Lipinski definition) is 1. The highest BCUT2D eigenvalue weighted by Crippen LogP contribution is 2.35. The maximum absolute atomic E-state index is 12.4. The average Bonchev–Trinajstić information content (AvgIpc) is 3.19. The molecule has 2 heterocycles. The van der Waals surface area contributed by atoms with Gasteiger partial charge in [-0.05, 0) is 43.3 Å². The van der Waals surface area contributed by atoms with Gasteiger partial charge in [-0.3, -0.25) is 9.69 Å². The van der Waals surface area contributed by atoms with Crippen LogP contribution in [-0.4, -0.2) is 39.4 Å². The molecule has 1 aromatic carbocycles. The van der Waals surface area contributed by atoms with Crippen molar-refractivity contribution in [2.24, 2.45) is 0 Å². The van der Waals surface area contributed by atoms with Gasteiger partial charge in [0.1, 0.15) is 27.6 Å². The molecule has 3 rings (SSSR count). The van der Waals surface area contributed by atoms with Crippen LogP contribution in [0.5, 0.6) is 5.75 Å². The van der Waals surface area contributed by atoms with Crippen molar-refractivity contribution >= 4 is 46.3 Å². The first kappa shape index (κ1) is 18.2. The number of nitrogens with zero attached hydrogens (tertiary/aromatic N) is 1. The minimum Gasteiger partial charge on any atom is -0.497 e. The van der Waals surface area contributed by atoms with Gasteiger partial charge < -0.3 is 14.3 Å². The number of furan rings is 1. The highest BCUT2D eigenvalue weighted by atomic mass is 32.2. The maximum atomic E-state index is 12.4. The van der Waals surface area contributed by atoms with Gasteiger partial charge in [0.05, 0.1) is 12.0 Å². The second-order valence-electron chi connectivity index (χ2n) is 5.50. The predicted molar refractivity (Wildman–Crippen MR) is 103 cm³/mol. The molecule has 0 aliphatic carbocycles. The Morgan fingerprint density at radius 2 is 2.00 bits per heavy atom. The van der Waals surface area contributed by atoms with E-state index in [4.69, 9.17) is 26.5 Å². The largest absolute Gasteiger partial charge is 0.497 e. The van der Waals surface area contributed by atoms with Crippen LogP contribution < -0.4 is 4.74 Å². The molecule has 2 aromatic rings. The molecule has 0 spiro atoms. The van der Waals surface area contributed by atoms with Crippen LogP contribution in [0.4, 0.5) is 0 Å². The first-order valence-electron chi connectivity index (χ1n) is 7.65. The van der Waals surface area contributed by atoms with E-state index in [1.54, 1.807) is 25.3 Å². The Kier molecular flexibility index (Phi) is 5.15. The van der Waals surface area contributed by atoms with E-state index in [1.165, 1.54) is 6.92 Å². The Bertz CT molecular complexity index is 901. The summed E-state index contributed by atoms with van der Waals surface area (Å²) in [5.74, 6) is 0.337. The van der Waals surface area contributed by atoms with Gasteiger partial charge in [0.25, 0.3) is 5.91 Å². The summed E-state index contributed by atoms with van der Waals surface area (Å²) in [6.45, 7) is 1.42. The first-order chi connectivity index (χ1) is 12.4. The molecule has 0 saturated carbocycles. The molecule has 0 bridgehead atoms. The third kappa shape index (κ3) is 3.51. The van der Waals surface area contributed by atoms with E-state index in [0.29, 0.717) is 16.4 Å². The summed E-state index contributed by atoms with van der Waals surface area (Å²) in [5, 5.41) is 9.11. The molecular formula is C18H15NO5S2. The van der Waals surface area contributed by atoms with Gasteiger partial charge in [-0.1, -0.05) is 24.0 Å². The number of methoxy groups -OCH3 is 1. The van der Waals surface area contributed by atoms with E-state index in [1.807, 2.05) is 24.3 Å². The second-order valence-corrected chi connectivity index (χ2v) is 7.17. The van der Waals surface area contributed by atoms with Gasteiger partial charge in [0, 0.05) is 11.6 Å². The Morgan fingerprint density at radius 3 is 2.62 bits per heavy atom. The topological polar surface area (TPSA) is 80.0 Å². The number of carbonyl (C=O) groups is 2. The number of carboxylic acid groups (broad SMARTS) is 1. The number of rotatable bonds is 5. The molecule has 1 aromatic heterocycles. The Morgan fingerprint density at radius 1 is 1.31 bits per heavy atom. The van der Waals surface area contributed by atoms with Gasteiger partial charge >= 0.3 is 5.97 Å². The summed E-state index contributed by atoms with van der Waals surface area (Å²) in [6, 6.07) is 9.93. The van der Waals surface area contributed by atoms with Crippen LogP contribution in [-0.2, 0) is 9.59 Å². The molecule has 1 fully saturated rings. The smallest absolute Gasteiger partial charge is 0.326 e. The second kappa shape index (κ2) is 7.35. The van der Waals surface area contributed by atoms with Crippen molar-refractivity contribution in [1.29, 1.82) is 0 Å². The molecule has 1 N–H and O–H groups in total. The molecule has 1 atom stereocenters. The molecule has 134 valence electrons. The van der Waals surface area contributed by atoms with Crippen molar-refractivity contribution in [2.45, 2.75) is 13.0 Å². The Hall–Kier alpha value is -2.58. The lowest BCUT2D eigenvalue weighted by Crippen LogP contribution is -2.41. The SMILES string of the molecule is COc1ccc(-c2ccc(/C=C3\SC(=S)N(C(C)C(=O)O)C3=O)o2)cc1. The fourth-order valence-corrected chi connectivity index (χ4v) is 3.79. The molecule has 1 amide bonds. The number of carboxylic acids is 1. The molecule has 8 heteroatoms. The summed E-state index contributed by atoms with van der Waals surface area (Å²) in [4.78, 5) is 25.0. The normalized spacial score (nSPS) is 17.0. The standard InChI is InChI=1S/C18H15NO5S2/c1-10(17(21)22)19-16(20)15(26-18(19)25)9-13-7-8-14(24-13)11-3-5-12(23-2)6-4-11/h3-10H,1-2H3,(H,21,22)/b15-9-. The summed E-state index contributed by atoms with van der Waals surface area (Å²) in [5.41, 5.74) is 0.873. The van der Waals surface area contributed by atoms with Crippen molar-refractivity contribution < 1.29 is 23.8 Å². The summed E-state index contributed by atoms with van der Waals surface area (Å²) >= 11 is 6.19. The third-order valence-corrected chi connectivity index (χ3v) is 5.17. The van der Waals surface area contributed by atoms with Crippen LogP contribution in [0.1, 0.15) is 12.7 Å². The van der Waals surface area contributed by atoms with Gasteiger partial charge in [-0.25, -0.2) is 4.79 Å². The van der Waals surface area contributed by atoms with Crippen LogP contribution in [0.25, 0.3) is 17.4 Å². The van der Waals surface area contributed by atoms with Crippen molar-refractivity contribution in [1.82, 2.24) is 4.90 Å². The Labute approximate surface area is 159 Å². The van der Waals surface area contributed by atoms with Crippen LogP contribution >= 0.6 is 24.0 Å². The molecule has 26 heavy (non-hydrogen) atoms. The number of amides is 1. The van der Waals surface area contributed by atoms with Crippen LogP contribution in [0.3, 0.4) is 0 Å². The molecule has 1 aliphatic rings. The van der Waals surface area contributed by atoms with Crippen molar-refractivity contribution in [3.05, 3.63) is 47.1 Å². The zero-order valence-corrected chi connectivity index (χ0v) is 15.6. The first-order valence-corrected chi connectivity index (χ1v) is 8.87. The van der Waals surface area contributed by atoms with Crippen LogP contribution in [0.2, 0.25) is 0 Å². The lowest BCUT2D eigenvalue weighted by Gasteiger charge is -2.18. The fraction of sp³-hybridized carbons (Fsp3) is 0.167. The highest BCUT2D eigenvalue weighted by Gasteiger charge is 2.38. The predicted octanol–water partition coefficient (Wildman–Crippen LogP) is 3.63. The zero-order chi connectivity index (χ0) is 18.8. The fourth-order valence-electron chi connectivity index (χ4n) is 2.39. The van der Waals surface area contributed by atoms with E-state index in [9.17, 15) is 9.59 Å². The lowest BCUT2D eigenvalue weighted by molar-refractivity contribution is -0.144. The number of hydrogen-bond acceptors (Lipinski definition) is 6. The quantitative estimate of drug-likeness (QED) is 0.618. The molecular weight excluding hydrogens is 374 g/mol. The van der Waals surface area contributed by atoms with Crippen LogP contribution in [0.15, 0.2) is 45.7 Å². The number of ether oxygens (including phenoxy) is 1. The number of thioether (sulfide) groups is 1. The molecule has 6 nitrogen and oxygen atoms in total. The highest BCUT2D eigenvalue weighted by molar-refractivity contribution is 8.26. The average molecular weight is 389 g/mol. The molecule has 1 saturated heterocycles. The Balaban J connectivity index is 1.82. The van der Waals surface area contributed by atoms with Gasteiger partial charge in [-0.2, -0.15) is 0 Å². The number of benzene rings is 1. The monoisotopic (exact) mass is 389 g/mol. The third-order valence-electron chi connectivity index (χ3n) is 3.84. The number of aliphatic carboxylic acids is 1. The summed E-state index contributed by atoms with van der Waals surface area (Å²) in [7, 11) is 1.60. The van der Waals surface area contributed by atoms with E-state index in [0.717, 1.165) is 28.0 Å². The summed E-state index contributed by atoms with van der Waals surface area (Å²) in [6.07, 6.45) is 1.57. The zero-order valence-electron chi connectivity index (χ0n) is 14.0. The number of thiocarbonyl (C=S) groups is 1. The van der Waals surface area contributed by atoms with E-state index < -0.39 is 17.9 Å². The minimum atomic E-state index is -1.11. The molecule has 1 unspecified atom stereocenters. The lowest BCUT2D eigenvalue weighted by atomic mass is 10.2. The molecule has 1 aliphatic heterocycles. The van der Waals surface area contributed by atoms with Crippen molar-refractivity contribution in [3.63, 3.8) is 0 Å². The van der Waals surface area contributed by atoms with E-state index in [-0.39, 0.29) is 4.32 Å². The number of carbonyl (C=O) groups excluding carboxylic acids is 1. The minimum absolute atomic E-state index is 0.220. The van der Waals surface area contributed by atoms with Gasteiger partial charge in [-0.15, -0.1) is 0 Å².